The van der Waals surface area contributed by atoms with Crippen LogP contribution >= 0.6 is 11.6 Å². The van der Waals surface area contributed by atoms with E-state index in [1.54, 1.807) is 13.0 Å². The van der Waals surface area contributed by atoms with Gasteiger partial charge in [0.2, 0.25) is 10.0 Å². The number of carbonyl (C=O) groups is 1. The Hall–Kier alpha value is -2.37. The number of amides is 1. The van der Waals surface area contributed by atoms with Gasteiger partial charge in [-0.3, -0.25) is 9.69 Å². The summed E-state index contributed by atoms with van der Waals surface area (Å²) in [4.78, 5) is 18.4. The molecule has 9 nitrogen and oxygen atoms in total. The fraction of sp³-hybridized carbons (Fsp3) is 0.658. The Morgan fingerprint density at radius 2 is 1.67 bits per heavy atom. The molecule has 2 aromatic rings. The molecule has 2 aromatic carbocycles. The number of nitrogens with one attached hydrogen (secondary N) is 1. The number of nitrogens with zero attached hydrogens (tertiary/aromatic N) is 2. The zero-order valence-corrected chi connectivity index (χ0v) is 30.5. The van der Waals surface area contributed by atoms with Crippen LogP contribution in [0.5, 0.6) is 5.75 Å². The van der Waals surface area contributed by atoms with E-state index in [4.69, 9.17) is 25.8 Å². The van der Waals surface area contributed by atoms with E-state index in [1.165, 1.54) is 12.0 Å². The van der Waals surface area contributed by atoms with Gasteiger partial charge >= 0.3 is 0 Å². The average molecular weight is 714 g/mol. The second-order valence-electron chi connectivity index (χ2n) is 15.1. The first-order valence-electron chi connectivity index (χ1n) is 18.5. The molecule has 268 valence electrons. The van der Waals surface area contributed by atoms with Crippen molar-refractivity contribution in [1.29, 1.82) is 0 Å². The Balaban J connectivity index is 1.20. The third-order valence-electron chi connectivity index (χ3n) is 12.1. The summed E-state index contributed by atoms with van der Waals surface area (Å²) in [5.41, 5.74) is 3.44. The van der Waals surface area contributed by atoms with E-state index in [-0.39, 0.29) is 18.1 Å². The first kappa shape index (κ1) is 35.1. The smallest absolute Gasteiger partial charge is 0.264 e. The van der Waals surface area contributed by atoms with Crippen LogP contribution in [0.15, 0.2) is 36.4 Å². The summed E-state index contributed by atoms with van der Waals surface area (Å²) >= 11 is 6.38. The van der Waals surface area contributed by atoms with Crippen molar-refractivity contribution in [3.63, 3.8) is 0 Å². The first-order chi connectivity index (χ1) is 23.7. The number of halogens is 1. The van der Waals surface area contributed by atoms with Gasteiger partial charge < -0.3 is 19.1 Å². The monoisotopic (exact) mass is 713 g/mol. The maximum Gasteiger partial charge on any atom is 0.264 e. The van der Waals surface area contributed by atoms with Crippen molar-refractivity contribution in [3.8, 4) is 5.75 Å². The Labute approximate surface area is 297 Å². The second-order valence-corrected chi connectivity index (χ2v) is 17.6. The molecule has 5 aliphatic rings. The molecule has 4 heterocycles. The summed E-state index contributed by atoms with van der Waals surface area (Å²) in [7, 11) is -3.90. The summed E-state index contributed by atoms with van der Waals surface area (Å²) < 4.78 is 48.9. The highest BCUT2D eigenvalue weighted by atomic mass is 35.5. The van der Waals surface area contributed by atoms with Gasteiger partial charge in [-0.1, -0.05) is 31.0 Å². The maximum atomic E-state index is 13.5. The van der Waals surface area contributed by atoms with Gasteiger partial charge in [0.25, 0.3) is 5.91 Å². The van der Waals surface area contributed by atoms with E-state index >= 15 is 0 Å². The molecular weight excluding hydrogens is 662 g/mol. The second kappa shape index (κ2) is 15.1. The van der Waals surface area contributed by atoms with Crippen LogP contribution in [-0.4, -0.2) is 76.2 Å². The van der Waals surface area contributed by atoms with Gasteiger partial charge in [0.05, 0.1) is 30.2 Å². The van der Waals surface area contributed by atoms with Crippen molar-refractivity contribution in [3.05, 3.63) is 58.1 Å². The lowest BCUT2D eigenvalue weighted by Gasteiger charge is -2.49. The Morgan fingerprint density at radius 1 is 0.857 bits per heavy atom. The van der Waals surface area contributed by atoms with E-state index in [0.29, 0.717) is 49.0 Å². The fourth-order valence-electron chi connectivity index (χ4n) is 8.47. The van der Waals surface area contributed by atoms with Gasteiger partial charge in [-0.25, -0.2) is 13.1 Å². The minimum absolute atomic E-state index is 0.117. The van der Waals surface area contributed by atoms with Crippen molar-refractivity contribution in [2.24, 2.45) is 23.7 Å². The van der Waals surface area contributed by atoms with Gasteiger partial charge in [-0.2, -0.15) is 0 Å². The average Bonchev–Trinajstić information content (AvgIpc) is 3.08. The van der Waals surface area contributed by atoms with E-state index < -0.39 is 21.2 Å². The van der Waals surface area contributed by atoms with Gasteiger partial charge in [0, 0.05) is 29.6 Å². The molecule has 1 aliphatic carbocycles. The molecule has 3 fully saturated rings. The highest BCUT2D eigenvalue weighted by molar-refractivity contribution is 7.90. The normalized spacial score (nSPS) is 32.9. The largest absolute Gasteiger partial charge is 0.487 e. The predicted octanol–water partition coefficient (Wildman–Crippen LogP) is 6.42. The van der Waals surface area contributed by atoms with Crippen molar-refractivity contribution < 1.29 is 27.4 Å². The maximum absolute atomic E-state index is 13.5. The molecule has 11 heteroatoms. The molecule has 4 aliphatic heterocycles. The van der Waals surface area contributed by atoms with Gasteiger partial charge in [-0.15, -0.1) is 0 Å². The number of carbonyl (C=O) groups excluding carboxylic acids is 1. The van der Waals surface area contributed by atoms with Gasteiger partial charge in [0.1, 0.15) is 12.4 Å². The van der Waals surface area contributed by atoms with Crippen molar-refractivity contribution in [1.82, 2.24) is 9.62 Å². The molecule has 0 aromatic heterocycles. The van der Waals surface area contributed by atoms with E-state index in [1.807, 2.05) is 37.3 Å². The van der Waals surface area contributed by atoms with Crippen LogP contribution in [-0.2, 0) is 32.5 Å². The van der Waals surface area contributed by atoms with E-state index in [9.17, 15) is 13.2 Å². The number of rotatable bonds is 2. The van der Waals surface area contributed by atoms with Crippen LogP contribution < -0.4 is 14.4 Å². The van der Waals surface area contributed by atoms with Crippen LogP contribution in [0.4, 0.5) is 5.69 Å². The molecule has 5 atom stereocenters. The van der Waals surface area contributed by atoms with Crippen molar-refractivity contribution in [2.45, 2.75) is 95.8 Å². The number of benzene rings is 2. The third-order valence-corrected chi connectivity index (χ3v) is 14.3. The molecule has 1 N–H and O–H groups in total. The number of fused-ring (bicyclic) bond motifs is 3. The molecule has 7 rings (SSSR count). The number of hydrogen-bond donors (Lipinski definition) is 1. The molecule has 0 spiro atoms. The Morgan fingerprint density at radius 3 is 2.41 bits per heavy atom. The van der Waals surface area contributed by atoms with Crippen LogP contribution in [0.2, 0.25) is 5.02 Å². The standard InChI is InChI=1S/C38H52ClN3O6S/c1-25-7-5-9-34(38-47-23-32(24-48-38)41-17-6-18-41)33-14-11-29(33)21-42-16-4-3-8-27-19-31(39)13-10-30(27)22-46-36-15-12-28(20-35(36)42)37(43)40-49(44,45)26(25)2/h10,12-13,15,19-20,25-26,29,32-34,38H,3-9,11,14,16-18,21-24H2,1-2H3,(H,40,43)/t25-,26+,29-,32?,33+,34+,38?/m0/s1. The Bertz CT molecular complexity index is 1590. The topological polar surface area (TPSA) is 97.4 Å². The number of sulfonamides is 1. The van der Waals surface area contributed by atoms with Gasteiger partial charge in [-0.05, 0) is 131 Å². The number of hydrogen-bond acceptors (Lipinski definition) is 8. The minimum atomic E-state index is -3.90. The lowest BCUT2D eigenvalue weighted by molar-refractivity contribution is -0.246. The fourth-order valence-corrected chi connectivity index (χ4v) is 9.97. The summed E-state index contributed by atoms with van der Waals surface area (Å²) in [5.74, 6) is 1.10. The van der Waals surface area contributed by atoms with Crippen LogP contribution in [0, 0.1) is 23.7 Å². The summed E-state index contributed by atoms with van der Waals surface area (Å²) in [5, 5.41) is 0.00831. The lowest BCUT2D eigenvalue weighted by atomic mass is 9.65. The lowest BCUT2D eigenvalue weighted by Crippen LogP contribution is -2.55. The molecule has 1 saturated carbocycles. The number of anilines is 1. The highest BCUT2D eigenvalue weighted by Crippen LogP contribution is 2.46. The highest BCUT2D eigenvalue weighted by Gasteiger charge is 2.44. The number of aryl methyl sites for hydroxylation is 1. The van der Waals surface area contributed by atoms with Crippen LogP contribution in [0.25, 0.3) is 0 Å². The third kappa shape index (κ3) is 7.78. The van der Waals surface area contributed by atoms with Crippen molar-refractivity contribution in [2.75, 3.05) is 44.3 Å². The SMILES string of the molecule is C[C@@H]1[C@@H](C)CCC[C@@H](C2OCC(N3CCC3)CO2)[C@@H]2CC[C@H]2CN2CCCCc3cc(Cl)ccc3COc3ccc(cc32)C(=O)NS1(=O)=O. The zero-order valence-electron chi connectivity index (χ0n) is 28.9. The zero-order chi connectivity index (χ0) is 34.1. The summed E-state index contributed by atoms with van der Waals surface area (Å²) in [6.07, 6.45) is 8.69. The Kier molecular flexibility index (Phi) is 10.8. The molecule has 49 heavy (non-hydrogen) atoms. The molecular formula is C38H52ClN3O6S. The van der Waals surface area contributed by atoms with Crippen LogP contribution in [0.3, 0.4) is 0 Å². The predicted molar refractivity (Wildman–Crippen MR) is 192 cm³/mol. The van der Waals surface area contributed by atoms with E-state index in [2.05, 4.69) is 14.5 Å². The first-order valence-corrected chi connectivity index (χ1v) is 20.4. The number of likely N-dealkylation sites (tertiary alicyclic amines) is 1. The van der Waals surface area contributed by atoms with Crippen LogP contribution in [0.1, 0.15) is 86.7 Å². The molecule has 2 bridgehead atoms. The molecule has 0 radical (unpaired) electrons. The summed E-state index contributed by atoms with van der Waals surface area (Å²) in [6, 6.07) is 11.6. The quantitative estimate of drug-likeness (QED) is 0.381. The molecule has 2 saturated heterocycles. The minimum Gasteiger partial charge on any atom is -0.487 e. The molecule has 1 amide bonds. The van der Waals surface area contributed by atoms with Crippen molar-refractivity contribution >= 4 is 33.2 Å². The van der Waals surface area contributed by atoms with E-state index in [0.717, 1.165) is 93.8 Å². The van der Waals surface area contributed by atoms with Gasteiger partial charge in [0.15, 0.2) is 6.29 Å². The molecule has 0 unspecified atom stereocenters. The number of ether oxygens (including phenoxy) is 3. The summed E-state index contributed by atoms with van der Waals surface area (Å²) in [6.45, 7) is 9.35.